The third-order valence-electron chi connectivity index (χ3n) is 12.3. The van der Waals surface area contributed by atoms with Gasteiger partial charge in [-0.1, -0.05) is 62.9 Å². The quantitative estimate of drug-likeness (QED) is 0.0268. The predicted octanol–water partition coefficient (Wildman–Crippen LogP) is 9.86. The molecule has 2 aliphatic heterocycles. The Morgan fingerprint density at radius 3 is 2.28 bits per heavy atom. The molecule has 360 valence electrons. The lowest BCUT2D eigenvalue weighted by Gasteiger charge is -2.38. The van der Waals surface area contributed by atoms with E-state index < -0.39 is 37.7 Å². The number of methoxy groups -OCH3 is 2. The molecule has 1 saturated heterocycles. The van der Waals surface area contributed by atoms with Crippen LogP contribution >= 0.6 is 8.53 Å². The van der Waals surface area contributed by atoms with E-state index in [4.69, 9.17) is 32.7 Å². The summed E-state index contributed by atoms with van der Waals surface area (Å²) in [5, 5.41) is 19.0. The molecule has 68 heavy (non-hydrogen) atoms. The first-order valence-corrected chi connectivity index (χ1v) is 24.2. The molecule has 15 heteroatoms. The number of likely N-dealkylation sites (tertiary alicyclic amines) is 1. The molecule has 6 rings (SSSR count). The molecule has 0 bridgehead atoms. The summed E-state index contributed by atoms with van der Waals surface area (Å²) in [6.45, 7) is 15.6. The molecule has 0 spiro atoms. The number of hydrogen-bond donors (Lipinski definition) is 1. The maximum absolute atomic E-state index is 14.7. The first-order chi connectivity index (χ1) is 32.7. The number of carboxylic acids is 1. The van der Waals surface area contributed by atoms with Gasteiger partial charge in [-0.25, -0.2) is 9.65 Å². The Hall–Kier alpha value is -5.94. The molecule has 0 saturated carbocycles. The fourth-order valence-electron chi connectivity index (χ4n) is 8.61. The van der Waals surface area contributed by atoms with Gasteiger partial charge in [0, 0.05) is 37.7 Å². The molecular formula is C53H63N4O10P. The van der Waals surface area contributed by atoms with Crippen molar-refractivity contribution in [3.63, 3.8) is 0 Å². The van der Waals surface area contributed by atoms with E-state index in [0.717, 1.165) is 35.2 Å². The second kappa shape index (κ2) is 23.4. The van der Waals surface area contributed by atoms with Crippen LogP contribution in [0.15, 0.2) is 112 Å². The second-order valence-electron chi connectivity index (χ2n) is 17.4. The normalized spacial score (nSPS) is 16.0. The summed E-state index contributed by atoms with van der Waals surface area (Å²) in [4.78, 5) is 46.6. The number of nitrogens with zero attached hydrogens (tertiary/aromatic N) is 4. The van der Waals surface area contributed by atoms with Crippen LogP contribution in [0.25, 0.3) is 22.6 Å². The standard InChI is InChI=1S/C53H63N4O10P/c1-9-27-56(12-4)68(65-28-13-26-54)67-44-31-41(35-64-53(38(10-2)11-3,39-16-20-42(62-7)21-17-39)40-18-22-43(63-8)23-19-40)57(34-44)50(59)25-15-37-30-46-49(32-47(37)58)66-48-29-36(14-24-45(48)55-46)33-52(5,6)51(60)61/h10-11,14,16-24,29-30,32,41,44H,2,9,12-13,15,25,27-28,31,33-35H2,1,3-8H3,(H,60,61). The van der Waals surface area contributed by atoms with Gasteiger partial charge in [-0.15, -0.1) is 0 Å². The number of aryl methyl sites for hydroxylation is 1. The average molecular weight is 947 g/mol. The van der Waals surface area contributed by atoms with Crippen molar-refractivity contribution in [2.75, 3.05) is 47.1 Å². The van der Waals surface area contributed by atoms with Gasteiger partial charge in [-0.2, -0.15) is 5.26 Å². The topological polar surface area (TPSA) is 174 Å². The van der Waals surface area contributed by atoms with Crippen LogP contribution in [-0.2, 0) is 41.8 Å². The lowest BCUT2D eigenvalue weighted by Crippen LogP contribution is -2.42. The Bertz CT molecular complexity index is 2580. The third-order valence-corrected chi connectivity index (χ3v) is 14.1. The van der Waals surface area contributed by atoms with Gasteiger partial charge in [0.1, 0.15) is 28.3 Å². The number of aliphatic carboxylic acids is 1. The Morgan fingerprint density at radius 2 is 1.71 bits per heavy atom. The summed E-state index contributed by atoms with van der Waals surface area (Å²) in [6, 6.07) is 25.6. The zero-order valence-corrected chi connectivity index (χ0v) is 41.1. The van der Waals surface area contributed by atoms with Crippen LogP contribution in [0, 0.1) is 16.7 Å². The largest absolute Gasteiger partial charge is 0.497 e. The molecule has 1 amide bonds. The minimum absolute atomic E-state index is 0.0244. The van der Waals surface area contributed by atoms with Crippen LogP contribution in [-0.4, -0.2) is 90.8 Å². The van der Waals surface area contributed by atoms with Crippen molar-refractivity contribution < 1.29 is 42.4 Å². The first kappa shape index (κ1) is 51.5. The number of amides is 1. The van der Waals surface area contributed by atoms with Crippen molar-refractivity contribution in [3.8, 4) is 29.0 Å². The predicted molar refractivity (Wildman–Crippen MR) is 263 cm³/mol. The molecule has 14 nitrogen and oxygen atoms in total. The monoisotopic (exact) mass is 946 g/mol. The Labute approximate surface area is 400 Å². The number of carbonyl (C=O) groups excluding carboxylic acids is 1. The van der Waals surface area contributed by atoms with Crippen molar-refractivity contribution in [1.82, 2.24) is 14.6 Å². The smallest absolute Gasteiger partial charge is 0.309 e. The molecule has 0 aromatic heterocycles. The Balaban J connectivity index is 1.32. The van der Waals surface area contributed by atoms with Crippen LogP contribution in [0.3, 0.4) is 0 Å². The van der Waals surface area contributed by atoms with E-state index >= 15 is 0 Å². The Kier molecular flexibility index (Phi) is 17.7. The number of carbonyl (C=O) groups is 2. The number of carboxylic acid groups (broad SMARTS) is 1. The number of allylic oxidation sites excluding steroid dienone is 1. The van der Waals surface area contributed by atoms with Crippen LogP contribution < -0.4 is 14.9 Å². The molecule has 1 fully saturated rings. The molecule has 1 N–H and O–H groups in total. The van der Waals surface area contributed by atoms with Gasteiger partial charge in [-0.05, 0) is 111 Å². The van der Waals surface area contributed by atoms with Crippen molar-refractivity contribution in [2.24, 2.45) is 5.41 Å². The number of rotatable bonds is 24. The summed E-state index contributed by atoms with van der Waals surface area (Å²) in [6.07, 6.45) is 5.33. The molecule has 3 unspecified atom stereocenters. The molecule has 3 aromatic rings. The molecule has 3 atom stereocenters. The van der Waals surface area contributed by atoms with Crippen LogP contribution in [0.5, 0.6) is 11.5 Å². The molecule has 3 aromatic carbocycles. The summed E-state index contributed by atoms with van der Waals surface area (Å²) in [5.74, 6) is 0.571. The summed E-state index contributed by atoms with van der Waals surface area (Å²) in [7, 11) is 1.68. The van der Waals surface area contributed by atoms with E-state index in [1.165, 1.54) is 6.07 Å². The number of benzene rings is 4. The van der Waals surface area contributed by atoms with Crippen molar-refractivity contribution in [2.45, 2.75) is 90.9 Å². The number of ether oxygens (including phenoxy) is 3. The SMILES string of the molecule is C=CC(=CC)C(OCC1CC(OP(OCCC#N)N(CC)CCC)CN1C(=O)CCc1cc2nc3ccc(CC(C)(C)C(=O)O)cc3oc-2cc1=O)(c1ccc(OC)cc1)c1ccc(OC)cc1. The zero-order chi connectivity index (χ0) is 49.0. The molecule has 2 heterocycles. The number of hydrogen-bond acceptors (Lipinski definition) is 12. The molecule has 3 aliphatic rings. The minimum atomic E-state index is -1.55. The van der Waals surface area contributed by atoms with Crippen molar-refractivity contribution in [1.29, 1.82) is 5.26 Å². The molecule has 1 aliphatic carbocycles. The minimum Gasteiger partial charge on any atom is -0.497 e. The lowest BCUT2D eigenvalue weighted by atomic mass is 9.79. The fourth-order valence-corrected chi connectivity index (χ4v) is 10.2. The van der Waals surface area contributed by atoms with Crippen molar-refractivity contribution >= 4 is 31.5 Å². The van der Waals surface area contributed by atoms with E-state index in [0.29, 0.717) is 52.6 Å². The maximum Gasteiger partial charge on any atom is 0.309 e. The van der Waals surface area contributed by atoms with Gasteiger partial charge in [0.25, 0.3) is 8.53 Å². The molecule has 0 radical (unpaired) electrons. The highest BCUT2D eigenvalue weighted by Crippen LogP contribution is 2.47. The second-order valence-corrected chi connectivity index (χ2v) is 18.9. The number of nitriles is 1. The summed E-state index contributed by atoms with van der Waals surface area (Å²) >= 11 is 0. The van der Waals surface area contributed by atoms with Crippen LogP contribution in [0.1, 0.15) is 82.6 Å². The fraction of sp³-hybridized carbons (Fsp3) is 0.415. The average Bonchev–Trinajstić information content (AvgIpc) is 3.75. The number of fused-ring (bicyclic) bond motifs is 2. The van der Waals surface area contributed by atoms with E-state index in [1.54, 1.807) is 57.2 Å². The maximum atomic E-state index is 14.7. The number of aromatic nitrogens is 1. The van der Waals surface area contributed by atoms with Gasteiger partial charge < -0.3 is 37.7 Å². The third kappa shape index (κ3) is 11.8. The summed E-state index contributed by atoms with van der Waals surface area (Å²) < 4.78 is 39.6. The van der Waals surface area contributed by atoms with Crippen LogP contribution in [0.4, 0.5) is 0 Å². The highest BCUT2D eigenvalue weighted by atomic mass is 31.2. The van der Waals surface area contributed by atoms with E-state index in [-0.39, 0.29) is 56.8 Å². The van der Waals surface area contributed by atoms with Gasteiger partial charge in [-0.3, -0.25) is 14.4 Å². The van der Waals surface area contributed by atoms with Gasteiger partial charge in [0.05, 0.1) is 57.5 Å². The zero-order valence-electron chi connectivity index (χ0n) is 40.2. The van der Waals surface area contributed by atoms with Gasteiger partial charge >= 0.3 is 5.97 Å². The van der Waals surface area contributed by atoms with Gasteiger partial charge in [0.2, 0.25) is 5.91 Å². The van der Waals surface area contributed by atoms with Crippen LogP contribution in [0.2, 0.25) is 0 Å². The van der Waals surface area contributed by atoms with Crippen molar-refractivity contribution in [3.05, 3.63) is 136 Å². The van der Waals surface area contributed by atoms with E-state index in [2.05, 4.69) is 24.2 Å². The highest BCUT2D eigenvalue weighted by Gasteiger charge is 2.43. The molecular weight excluding hydrogens is 884 g/mol. The Morgan fingerprint density at radius 1 is 1.03 bits per heavy atom. The van der Waals surface area contributed by atoms with E-state index in [9.17, 15) is 24.8 Å². The van der Waals surface area contributed by atoms with E-state index in [1.807, 2.05) is 74.5 Å². The first-order valence-electron chi connectivity index (χ1n) is 23.1. The lowest BCUT2D eigenvalue weighted by molar-refractivity contribution is -0.146. The van der Waals surface area contributed by atoms with Gasteiger partial charge in [0.15, 0.2) is 16.8 Å². The highest BCUT2D eigenvalue weighted by molar-refractivity contribution is 7.44. The summed E-state index contributed by atoms with van der Waals surface area (Å²) in [5.41, 5.74) is 2.64.